The molecule has 2 aromatic rings. The van der Waals surface area contributed by atoms with E-state index in [1.165, 1.54) is 11.8 Å². The number of rotatable bonds is 10. The van der Waals surface area contributed by atoms with Crippen LogP contribution in [0, 0.1) is 5.41 Å². The van der Waals surface area contributed by atoms with Crippen LogP contribution in [-0.2, 0) is 27.4 Å². The molecule has 0 bridgehead atoms. The summed E-state index contributed by atoms with van der Waals surface area (Å²) < 4.78 is 5.43. The van der Waals surface area contributed by atoms with Crippen molar-refractivity contribution in [1.29, 1.82) is 0 Å². The van der Waals surface area contributed by atoms with Crippen molar-refractivity contribution in [3.8, 4) is 0 Å². The Labute approximate surface area is 178 Å². The Morgan fingerprint density at radius 2 is 1.41 bits per heavy atom. The third-order valence-electron chi connectivity index (χ3n) is 4.82. The average Bonchev–Trinajstić information content (AvgIpc) is 2.70. The molecule has 0 aliphatic carbocycles. The zero-order chi connectivity index (χ0) is 21.3. The van der Waals surface area contributed by atoms with Crippen molar-refractivity contribution in [2.24, 2.45) is 5.41 Å². The Morgan fingerprint density at radius 3 is 1.83 bits per heavy atom. The van der Waals surface area contributed by atoms with E-state index in [2.05, 4.69) is 4.90 Å². The Hall–Kier alpha value is -2.11. The maximum absolute atomic E-state index is 13.1. The highest BCUT2D eigenvalue weighted by molar-refractivity contribution is 8.13. The molecular formula is C24H31NO3S. The van der Waals surface area contributed by atoms with Crippen LogP contribution in [0.5, 0.6) is 0 Å². The van der Waals surface area contributed by atoms with E-state index in [0.717, 1.165) is 11.1 Å². The molecule has 0 fully saturated rings. The van der Waals surface area contributed by atoms with E-state index in [4.69, 9.17) is 4.74 Å². The minimum Gasteiger partial charge on any atom is -0.465 e. The number of hydrogen-bond acceptors (Lipinski definition) is 5. The molecule has 0 unspecified atom stereocenters. The summed E-state index contributed by atoms with van der Waals surface area (Å²) >= 11 is 1.26. The summed E-state index contributed by atoms with van der Waals surface area (Å²) in [5, 5.41) is 0.00387. The van der Waals surface area contributed by atoms with Gasteiger partial charge >= 0.3 is 5.97 Å². The molecule has 4 nitrogen and oxygen atoms in total. The van der Waals surface area contributed by atoms with Crippen molar-refractivity contribution < 1.29 is 14.3 Å². The van der Waals surface area contributed by atoms with E-state index >= 15 is 0 Å². The van der Waals surface area contributed by atoms with Crippen molar-refractivity contribution in [2.75, 3.05) is 12.4 Å². The van der Waals surface area contributed by atoms with Crippen molar-refractivity contribution in [2.45, 2.75) is 46.8 Å². The van der Waals surface area contributed by atoms with E-state index in [1.54, 1.807) is 6.92 Å². The molecule has 1 atom stereocenters. The number of nitrogens with zero attached hydrogens (tertiary/aromatic N) is 1. The molecule has 2 rings (SSSR count). The van der Waals surface area contributed by atoms with Gasteiger partial charge in [-0.2, -0.15) is 0 Å². The van der Waals surface area contributed by atoms with Crippen LogP contribution in [0.25, 0.3) is 0 Å². The number of esters is 1. The highest BCUT2D eigenvalue weighted by Gasteiger charge is 2.45. The third-order valence-corrected chi connectivity index (χ3v) is 5.89. The van der Waals surface area contributed by atoms with Gasteiger partial charge in [0.05, 0.1) is 12.0 Å². The molecule has 156 valence electrons. The maximum atomic E-state index is 13.1. The van der Waals surface area contributed by atoms with Gasteiger partial charge in [-0.25, -0.2) is 0 Å². The molecule has 2 aromatic carbocycles. The van der Waals surface area contributed by atoms with Crippen molar-refractivity contribution in [3.05, 3.63) is 71.8 Å². The molecular weight excluding hydrogens is 382 g/mol. The van der Waals surface area contributed by atoms with Crippen molar-refractivity contribution >= 4 is 22.8 Å². The molecule has 0 aliphatic heterocycles. The van der Waals surface area contributed by atoms with Crippen LogP contribution in [0.4, 0.5) is 0 Å². The smallest absolute Gasteiger partial charge is 0.324 e. The molecule has 0 aliphatic rings. The molecule has 0 amide bonds. The van der Waals surface area contributed by atoms with Crippen LogP contribution in [0.2, 0.25) is 0 Å². The van der Waals surface area contributed by atoms with Gasteiger partial charge in [-0.1, -0.05) is 79.3 Å². The van der Waals surface area contributed by atoms with Gasteiger partial charge in [0.25, 0.3) is 0 Å². The van der Waals surface area contributed by atoms with Gasteiger partial charge in [0.15, 0.2) is 5.12 Å². The minimum absolute atomic E-state index is 0.00387. The fraction of sp³-hybridized carbons (Fsp3) is 0.417. The quantitative estimate of drug-likeness (QED) is 0.517. The molecule has 0 aromatic heterocycles. The Balaban J connectivity index is 2.46. The number of benzene rings is 2. The molecule has 0 N–H and O–H groups in total. The van der Waals surface area contributed by atoms with Crippen LogP contribution in [0.1, 0.15) is 38.8 Å². The Kier molecular flexibility index (Phi) is 8.93. The van der Waals surface area contributed by atoms with Gasteiger partial charge in [0.2, 0.25) is 0 Å². The van der Waals surface area contributed by atoms with Gasteiger partial charge in [-0.05, 0) is 37.7 Å². The molecule has 5 heteroatoms. The lowest BCUT2D eigenvalue weighted by atomic mass is 9.84. The predicted molar refractivity (Wildman–Crippen MR) is 119 cm³/mol. The molecule has 29 heavy (non-hydrogen) atoms. The highest BCUT2D eigenvalue weighted by Crippen LogP contribution is 2.34. The number of carbonyl (C=O) groups is 2. The summed E-state index contributed by atoms with van der Waals surface area (Å²) in [4.78, 5) is 28.1. The van der Waals surface area contributed by atoms with Crippen LogP contribution >= 0.6 is 11.8 Å². The summed E-state index contributed by atoms with van der Waals surface area (Å²) in [5.41, 5.74) is 1.28. The fourth-order valence-electron chi connectivity index (χ4n) is 3.42. The van der Waals surface area contributed by atoms with E-state index in [9.17, 15) is 9.59 Å². The zero-order valence-corrected chi connectivity index (χ0v) is 18.6. The highest BCUT2D eigenvalue weighted by atomic mass is 32.2. The molecule has 0 saturated carbocycles. The monoisotopic (exact) mass is 413 g/mol. The van der Waals surface area contributed by atoms with E-state index in [0.29, 0.717) is 18.8 Å². The number of carbonyl (C=O) groups excluding carboxylic acids is 2. The first-order chi connectivity index (χ1) is 13.9. The third kappa shape index (κ3) is 6.44. The van der Waals surface area contributed by atoms with Crippen LogP contribution in [-0.4, -0.2) is 34.4 Å². The number of hydrogen-bond donors (Lipinski definition) is 0. The van der Waals surface area contributed by atoms with Crippen LogP contribution in [0.3, 0.4) is 0 Å². The second kappa shape index (κ2) is 11.2. The first-order valence-electron chi connectivity index (χ1n) is 10.1. The summed E-state index contributed by atoms with van der Waals surface area (Å²) in [5.74, 6) is 0.323. The largest absolute Gasteiger partial charge is 0.465 e. The second-order valence-electron chi connectivity index (χ2n) is 7.47. The van der Waals surface area contributed by atoms with Crippen LogP contribution < -0.4 is 0 Å². The van der Waals surface area contributed by atoms with E-state index in [-0.39, 0.29) is 17.7 Å². The standard InChI is InChI=1S/C24H31NO3S/c1-5-28-22(26)21(24(3,4)23(27)29-6-2)25(17-19-13-9-7-10-14-19)18-20-15-11-8-12-16-20/h7-16,21H,5-6,17-18H2,1-4H3/t21-/m1/s1. The Morgan fingerprint density at radius 1 is 0.931 bits per heavy atom. The molecule has 0 heterocycles. The predicted octanol–water partition coefficient (Wildman–Crippen LogP) is 4.93. The molecule has 0 radical (unpaired) electrons. The SMILES string of the molecule is CCOC(=O)[C@@H](N(Cc1ccccc1)Cc1ccccc1)C(C)(C)C(=O)SCC. The lowest BCUT2D eigenvalue weighted by Crippen LogP contribution is -2.53. The average molecular weight is 414 g/mol. The molecule has 0 spiro atoms. The number of thioether (sulfide) groups is 1. The van der Waals surface area contributed by atoms with Crippen LogP contribution in [0.15, 0.2) is 60.7 Å². The lowest BCUT2D eigenvalue weighted by molar-refractivity contribution is -0.157. The number of ether oxygens (including phenoxy) is 1. The summed E-state index contributed by atoms with van der Waals surface area (Å²) in [6, 6.07) is 19.3. The van der Waals surface area contributed by atoms with Crippen molar-refractivity contribution in [3.63, 3.8) is 0 Å². The second-order valence-corrected chi connectivity index (χ2v) is 8.71. The van der Waals surface area contributed by atoms with Gasteiger partial charge in [-0.15, -0.1) is 0 Å². The van der Waals surface area contributed by atoms with Gasteiger partial charge in [0.1, 0.15) is 6.04 Å². The lowest BCUT2D eigenvalue weighted by Gasteiger charge is -2.39. The molecule has 0 saturated heterocycles. The summed E-state index contributed by atoms with van der Waals surface area (Å²) in [6.45, 7) is 8.82. The summed E-state index contributed by atoms with van der Waals surface area (Å²) in [7, 11) is 0. The van der Waals surface area contributed by atoms with Gasteiger partial charge in [-0.3, -0.25) is 14.5 Å². The van der Waals surface area contributed by atoms with Gasteiger partial charge < -0.3 is 4.74 Å². The Bertz CT molecular complexity index is 736. The minimum atomic E-state index is -0.892. The fourth-order valence-corrected chi connectivity index (χ4v) is 4.17. The van der Waals surface area contributed by atoms with Gasteiger partial charge in [0, 0.05) is 13.1 Å². The topological polar surface area (TPSA) is 46.6 Å². The first kappa shape index (κ1) is 23.2. The first-order valence-corrected chi connectivity index (χ1v) is 11.0. The van der Waals surface area contributed by atoms with Crippen molar-refractivity contribution in [1.82, 2.24) is 4.90 Å². The van der Waals surface area contributed by atoms with E-state index < -0.39 is 11.5 Å². The summed E-state index contributed by atoms with van der Waals surface area (Å²) in [6.07, 6.45) is 0. The normalized spacial score (nSPS) is 12.6. The maximum Gasteiger partial charge on any atom is 0.324 e. The zero-order valence-electron chi connectivity index (χ0n) is 17.8. The van der Waals surface area contributed by atoms with E-state index in [1.807, 2.05) is 81.4 Å².